The smallest absolute Gasteiger partial charge is 0.335 e. The van der Waals surface area contributed by atoms with Crippen molar-refractivity contribution in [3.63, 3.8) is 0 Å². The quantitative estimate of drug-likeness (QED) is 0.642. The number of carboxylic acids is 1. The molecule has 1 N–H and O–H groups in total. The molecule has 1 fully saturated rings. The highest BCUT2D eigenvalue weighted by Gasteiger charge is 2.44. The zero-order valence-electron chi connectivity index (χ0n) is 11.5. The van der Waals surface area contributed by atoms with Gasteiger partial charge in [-0.05, 0) is 37.3 Å². The average molecular weight is 295 g/mol. The van der Waals surface area contributed by atoms with Gasteiger partial charge in [-0.3, -0.25) is 4.79 Å². The van der Waals surface area contributed by atoms with Crippen LogP contribution in [-0.4, -0.2) is 34.9 Å². The second kappa shape index (κ2) is 5.83. The zero-order chi connectivity index (χ0) is 14.8. The highest BCUT2D eigenvalue weighted by atomic mass is 32.2. The monoisotopic (exact) mass is 295 g/mol. The minimum absolute atomic E-state index is 0.00652. The van der Waals surface area contributed by atoms with Crippen molar-refractivity contribution in [3.05, 3.63) is 23.4 Å². The fourth-order valence-electron chi connectivity index (χ4n) is 1.99. The molecule has 1 aliphatic rings. The summed E-state index contributed by atoms with van der Waals surface area (Å²) in [6.07, 6.45) is 2.44. The Morgan fingerprint density at radius 3 is 2.70 bits per heavy atom. The second-order valence-electron chi connectivity index (χ2n) is 5.18. The Morgan fingerprint density at radius 1 is 1.45 bits per heavy atom. The predicted molar refractivity (Wildman–Crippen MR) is 75.0 cm³/mol. The van der Waals surface area contributed by atoms with Gasteiger partial charge in [0.15, 0.2) is 0 Å². The number of hydrogen-bond donors (Lipinski definition) is 1. The van der Waals surface area contributed by atoms with Gasteiger partial charge >= 0.3 is 11.9 Å². The fourth-order valence-corrected chi connectivity index (χ4v) is 3.25. The van der Waals surface area contributed by atoms with Crippen LogP contribution in [0, 0.1) is 12.3 Å². The molecule has 0 aliphatic heterocycles. The Morgan fingerprint density at radius 2 is 2.15 bits per heavy atom. The minimum Gasteiger partial charge on any atom is -0.478 e. The molecule has 0 atom stereocenters. The third-order valence-electron chi connectivity index (χ3n) is 3.41. The number of esters is 1. The van der Waals surface area contributed by atoms with Crippen LogP contribution in [0.15, 0.2) is 17.2 Å². The lowest BCUT2D eigenvalue weighted by molar-refractivity contribution is -0.141. The van der Waals surface area contributed by atoms with Crippen LogP contribution in [0.4, 0.5) is 0 Å². The third kappa shape index (κ3) is 3.72. The number of carboxylic acid groups (broad SMARTS) is 1. The van der Waals surface area contributed by atoms with Crippen LogP contribution in [0.1, 0.15) is 35.3 Å². The van der Waals surface area contributed by atoms with Crippen LogP contribution < -0.4 is 0 Å². The van der Waals surface area contributed by atoms with E-state index in [0.717, 1.165) is 18.6 Å². The Labute approximate surface area is 121 Å². The molecule has 1 heterocycles. The number of pyridine rings is 1. The molecular formula is C14H17NO4S. The zero-order valence-corrected chi connectivity index (χ0v) is 12.3. The number of carbonyl (C=O) groups is 2. The summed E-state index contributed by atoms with van der Waals surface area (Å²) in [7, 11) is 1.40. The van der Waals surface area contributed by atoms with Crippen LogP contribution in [-0.2, 0) is 9.53 Å². The molecule has 1 saturated carbocycles. The van der Waals surface area contributed by atoms with E-state index in [-0.39, 0.29) is 16.9 Å². The molecule has 1 aromatic rings. The first kappa shape index (κ1) is 14.8. The lowest BCUT2D eigenvalue weighted by Gasteiger charge is -2.13. The molecule has 0 spiro atoms. The van der Waals surface area contributed by atoms with Crippen molar-refractivity contribution in [1.29, 1.82) is 0 Å². The van der Waals surface area contributed by atoms with Crippen molar-refractivity contribution in [1.82, 2.24) is 4.98 Å². The van der Waals surface area contributed by atoms with Gasteiger partial charge in [-0.15, -0.1) is 11.8 Å². The first-order valence-electron chi connectivity index (χ1n) is 6.36. The van der Waals surface area contributed by atoms with E-state index in [4.69, 9.17) is 9.84 Å². The Hall–Kier alpha value is -1.56. The van der Waals surface area contributed by atoms with E-state index in [0.29, 0.717) is 17.1 Å². The van der Waals surface area contributed by atoms with Crippen LogP contribution in [0.3, 0.4) is 0 Å². The number of carbonyl (C=O) groups excluding carboxylic acids is 1. The fraction of sp³-hybridized carbons (Fsp3) is 0.500. The van der Waals surface area contributed by atoms with Gasteiger partial charge in [-0.1, -0.05) is 0 Å². The normalized spacial score (nSPS) is 15.7. The van der Waals surface area contributed by atoms with E-state index in [2.05, 4.69) is 4.98 Å². The maximum absolute atomic E-state index is 11.4. The summed E-state index contributed by atoms with van der Waals surface area (Å²) in [6, 6.07) is 3.13. The van der Waals surface area contributed by atoms with Crippen molar-refractivity contribution in [3.8, 4) is 0 Å². The Balaban J connectivity index is 2.01. The average Bonchev–Trinajstić information content (AvgIpc) is 3.16. The maximum Gasteiger partial charge on any atom is 0.335 e. The number of rotatable bonds is 6. The summed E-state index contributed by atoms with van der Waals surface area (Å²) < 4.78 is 4.71. The summed E-state index contributed by atoms with van der Waals surface area (Å²) in [6.45, 7) is 1.78. The van der Waals surface area contributed by atoms with Gasteiger partial charge < -0.3 is 9.84 Å². The summed E-state index contributed by atoms with van der Waals surface area (Å²) in [5, 5.41) is 9.72. The van der Waals surface area contributed by atoms with E-state index >= 15 is 0 Å². The summed E-state index contributed by atoms with van der Waals surface area (Å²) in [5.41, 5.74) is 0.940. The molecule has 0 bridgehead atoms. The number of hydrogen-bond acceptors (Lipinski definition) is 5. The largest absolute Gasteiger partial charge is 0.478 e. The third-order valence-corrected chi connectivity index (χ3v) is 4.67. The lowest BCUT2D eigenvalue weighted by atomic mass is 10.1. The van der Waals surface area contributed by atoms with E-state index in [1.807, 2.05) is 0 Å². The molecule has 0 unspecified atom stereocenters. The molecule has 1 aromatic heterocycles. The van der Waals surface area contributed by atoms with Crippen LogP contribution >= 0.6 is 11.8 Å². The molecule has 2 rings (SSSR count). The molecule has 0 saturated heterocycles. The predicted octanol–water partition coefficient (Wildman–Crippen LogP) is 2.52. The van der Waals surface area contributed by atoms with Crippen molar-refractivity contribution in [2.24, 2.45) is 5.41 Å². The molecule has 1 aliphatic carbocycles. The number of aryl methyl sites for hydroxylation is 1. The molecule has 5 nitrogen and oxygen atoms in total. The number of methoxy groups -OCH3 is 1. The van der Waals surface area contributed by atoms with Crippen LogP contribution in [0.5, 0.6) is 0 Å². The van der Waals surface area contributed by atoms with Gasteiger partial charge in [0.2, 0.25) is 0 Å². The minimum atomic E-state index is -0.951. The van der Waals surface area contributed by atoms with Gasteiger partial charge in [-0.2, -0.15) is 0 Å². The number of ether oxygens (including phenoxy) is 1. The van der Waals surface area contributed by atoms with Crippen molar-refractivity contribution in [2.75, 3.05) is 12.9 Å². The number of thioether (sulfide) groups is 1. The number of aromatic nitrogens is 1. The summed E-state index contributed by atoms with van der Waals surface area (Å²) in [5.74, 6) is -0.378. The SMILES string of the molecule is COC(=O)CC1(CSc2cc(C(=O)O)cc(C)n2)CC1. The standard InChI is InChI=1S/C14H17NO4S/c1-9-5-10(13(17)18)6-11(15-9)20-8-14(3-4-14)7-12(16)19-2/h5-6H,3-4,7-8H2,1-2H3,(H,17,18). The first-order chi connectivity index (χ1) is 9.44. The van der Waals surface area contributed by atoms with Crippen LogP contribution in [0.2, 0.25) is 0 Å². The highest BCUT2D eigenvalue weighted by Crippen LogP contribution is 2.52. The molecule has 108 valence electrons. The van der Waals surface area contributed by atoms with Gasteiger partial charge in [0, 0.05) is 11.4 Å². The van der Waals surface area contributed by atoms with E-state index in [9.17, 15) is 9.59 Å². The van der Waals surface area contributed by atoms with Gasteiger partial charge in [0.05, 0.1) is 24.1 Å². The van der Waals surface area contributed by atoms with E-state index in [1.165, 1.54) is 18.9 Å². The molecule has 0 aromatic carbocycles. The van der Waals surface area contributed by atoms with Gasteiger partial charge in [-0.25, -0.2) is 9.78 Å². The second-order valence-corrected chi connectivity index (χ2v) is 6.18. The van der Waals surface area contributed by atoms with Crippen molar-refractivity contribution in [2.45, 2.75) is 31.2 Å². The van der Waals surface area contributed by atoms with Gasteiger partial charge in [0.1, 0.15) is 0 Å². The topological polar surface area (TPSA) is 76.5 Å². The Kier molecular flexibility index (Phi) is 4.32. The molecule has 6 heteroatoms. The maximum atomic E-state index is 11.4. The Bertz CT molecular complexity index is 540. The highest BCUT2D eigenvalue weighted by molar-refractivity contribution is 7.99. The van der Waals surface area contributed by atoms with E-state index < -0.39 is 5.97 Å². The summed E-state index contributed by atoms with van der Waals surface area (Å²) in [4.78, 5) is 26.7. The first-order valence-corrected chi connectivity index (χ1v) is 7.34. The number of aromatic carboxylic acids is 1. The van der Waals surface area contributed by atoms with Crippen LogP contribution in [0.25, 0.3) is 0 Å². The number of nitrogens with zero attached hydrogens (tertiary/aromatic N) is 1. The molecule has 0 amide bonds. The van der Waals surface area contributed by atoms with Crippen molar-refractivity contribution >= 4 is 23.7 Å². The summed E-state index contributed by atoms with van der Waals surface area (Å²) >= 11 is 1.51. The lowest BCUT2D eigenvalue weighted by Crippen LogP contribution is -2.13. The van der Waals surface area contributed by atoms with Crippen molar-refractivity contribution < 1.29 is 19.4 Å². The van der Waals surface area contributed by atoms with Gasteiger partial charge in [0.25, 0.3) is 0 Å². The molecule has 20 heavy (non-hydrogen) atoms. The molecule has 0 radical (unpaired) electrons. The van der Waals surface area contributed by atoms with E-state index in [1.54, 1.807) is 19.1 Å². The molecular weight excluding hydrogens is 278 g/mol.